The summed E-state index contributed by atoms with van der Waals surface area (Å²) in [5.74, 6) is 0.867. The highest BCUT2D eigenvalue weighted by atomic mass is 16.2. The maximum atomic E-state index is 12.6. The number of carbonyl (C=O) groups is 1. The van der Waals surface area contributed by atoms with Gasteiger partial charge in [-0.3, -0.25) is 4.79 Å². The molecule has 2 heteroatoms. The highest BCUT2D eigenvalue weighted by molar-refractivity contribution is 5.97. The van der Waals surface area contributed by atoms with Crippen LogP contribution in [0.4, 0.5) is 0 Å². The minimum Gasteiger partial charge on any atom is -0.339 e. The lowest BCUT2D eigenvalue weighted by Gasteiger charge is -2.32. The first-order valence-corrected chi connectivity index (χ1v) is 8.79. The normalized spacial score (nSPS) is 16.2. The van der Waals surface area contributed by atoms with E-state index in [4.69, 9.17) is 0 Å². The summed E-state index contributed by atoms with van der Waals surface area (Å²) in [5.41, 5.74) is 3.31. The zero-order valence-corrected chi connectivity index (χ0v) is 14.3. The predicted octanol–water partition coefficient (Wildman–Crippen LogP) is 4.57. The van der Waals surface area contributed by atoms with Crippen molar-refractivity contribution in [1.82, 2.24) is 4.90 Å². The Morgan fingerprint density at radius 1 is 1.00 bits per heavy atom. The first kappa shape index (κ1) is 16.5. The molecule has 1 aliphatic rings. The molecular formula is C22H25NO. The van der Waals surface area contributed by atoms with Gasteiger partial charge in [-0.05, 0) is 49.3 Å². The molecule has 3 rings (SSSR count). The summed E-state index contributed by atoms with van der Waals surface area (Å²) in [6.07, 6.45) is 5.30. The van der Waals surface area contributed by atoms with E-state index < -0.39 is 0 Å². The van der Waals surface area contributed by atoms with Crippen LogP contribution in [0.5, 0.6) is 0 Å². The van der Waals surface area contributed by atoms with E-state index in [0.717, 1.165) is 43.5 Å². The molecule has 0 saturated carbocycles. The standard InChI is InChI=1S/C22H25NO/c1-18(16-19-8-4-2-5-9-19)22(24)23-14-12-21(13-15-23)17-20-10-6-3-7-11-20/h2-11,16,21H,12-15,17H2,1H3. The minimum atomic E-state index is 0.178. The molecule has 0 radical (unpaired) electrons. The van der Waals surface area contributed by atoms with E-state index in [0.29, 0.717) is 5.92 Å². The quantitative estimate of drug-likeness (QED) is 0.756. The molecule has 124 valence electrons. The maximum absolute atomic E-state index is 12.6. The van der Waals surface area contributed by atoms with Gasteiger partial charge >= 0.3 is 0 Å². The molecule has 0 unspecified atom stereocenters. The van der Waals surface area contributed by atoms with Crippen molar-refractivity contribution in [1.29, 1.82) is 0 Å². The van der Waals surface area contributed by atoms with Crippen molar-refractivity contribution in [3.05, 3.63) is 77.4 Å². The van der Waals surface area contributed by atoms with E-state index in [2.05, 4.69) is 30.3 Å². The zero-order valence-electron chi connectivity index (χ0n) is 14.3. The van der Waals surface area contributed by atoms with Crippen LogP contribution < -0.4 is 0 Å². The lowest BCUT2D eigenvalue weighted by molar-refractivity contribution is -0.128. The molecular weight excluding hydrogens is 294 g/mol. The van der Waals surface area contributed by atoms with Gasteiger partial charge in [0.25, 0.3) is 0 Å². The summed E-state index contributed by atoms with van der Waals surface area (Å²) in [7, 11) is 0. The Kier molecular flexibility index (Phi) is 5.47. The van der Waals surface area contributed by atoms with Crippen LogP contribution in [0.2, 0.25) is 0 Å². The Bertz CT molecular complexity index is 682. The van der Waals surface area contributed by atoms with Gasteiger partial charge in [0.1, 0.15) is 0 Å². The molecule has 0 aromatic heterocycles. The topological polar surface area (TPSA) is 20.3 Å². The van der Waals surface area contributed by atoms with Gasteiger partial charge in [-0.15, -0.1) is 0 Å². The van der Waals surface area contributed by atoms with E-state index in [-0.39, 0.29) is 5.91 Å². The van der Waals surface area contributed by atoms with E-state index in [9.17, 15) is 4.79 Å². The van der Waals surface area contributed by atoms with E-state index in [1.165, 1.54) is 5.56 Å². The summed E-state index contributed by atoms with van der Waals surface area (Å²) in [6.45, 7) is 3.66. The van der Waals surface area contributed by atoms with E-state index in [1.54, 1.807) is 0 Å². The van der Waals surface area contributed by atoms with E-state index >= 15 is 0 Å². The molecule has 0 aliphatic carbocycles. The van der Waals surface area contributed by atoms with Gasteiger partial charge in [0.2, 0.25) is 5.91 Å². The molecule has 1 saturated heterocycles. The van der Waals surface area contributed by atoms with Gasteiger partial charge in [0.05, 0.1) is 0 Å². The SMILES string of the molecule is CC(=Cc1ccccc1)C(=O)N1CCC(Cc2ccccc2)CC1. The van der Waals surface area contributed by atoms with Crippen LogP contribution in [0.1, 0.15) is 30.9 Å². The van der Waals surface area contributed by atoms with Crippen LogP contribution in [0.15, 0.2) is 66.2 Å². The van der Waals surface area contributed by atoms with Crippen molar-refractivity contribution in [3.8, 4) is 0 Å². The predicted molar refractivity (Wildman–Crippen MR) is 99.5 cm³/mol. The number of carbonyl (C=O) groups excluding carboxylic acids is 1. The molecule has 1 aliphatic heterocycles. The van der Waals surface area contributed by atoms with Gasteiger partial charge < -0.3 is 4.90 Å². The van der Waals surface area contributed by atoms with Gasteiger partial charge in [0, 0.05) is 18.7 Å². The molecule has 2 aromatic rings. The number of amides is 1. The number of hydrogen-bond donors (Lipinski definition) is 0. The molecule has 1 fully saturated rings. The summed E-state index contributed by atoms with van der Waals surface area (Å²) >= 11 is 0. The van der Waals surface area contributed by atoms with Crippen LogP contribution in [0, 0.1) is 5.92 Å². The number of nitrogens with zero attached hydrogens (tertiary/aromatic N) is 1. The average Bonchev–Trinajstić information content (AvgIpc) is 2.63. The minimum absolute atomic E-state index is 0.178. The molecule has 0 bridgehead atoms. The van der Waals surface area contributed by atoms with Crippen molar-refractivity contribution < 1.29 is 4.79 Å². The monoisotopic (exact) mass is 319 g/mol. The third-order valence-electron chi connectivity index (χ3n) is 4.79. The molecule has 24 heavy (non-hydrogen) atoms. The Morgan fingerprint density at radius 3 is 2.21 bits per heavy atom. The number of hydrogen-bond acceptors (Lipinski definition) is 1. The lowest BCUT2D eigenvalue weighted by atomic mass is 9.90. The van der Waals surface area contributed by atoms with Gasteiger partial charge in [0.15, 0.2) is 0 Å². The van der Waals surface area contributed by atoms with Crippen LogP contribution >= 0.6 is 0 Å². The largest absolute Gasteiger partial charge is 0.339 e. The Morgan fingerprint density at radius 2 is 1.58 bits per heavy atom. The molecule has 1 amide bonds. The third kappa shape index (κ3) is 4.35. The van der Waals surface area contributed by atoms with Crippen LogP contribution in [-0.4, -0.2) is 23.9 Å². The first-order chi connectivity index (χ1) is 11.7. The van der Waals surface area contributed by atoms with Crippen LogP contribution in [-0.2, 0) is 11.2 Å². The fraction of sp³-hybridized carbons (Fsp3) is 0.318. The van der Waals surface area contributed by atoms with Crippen molar-refractivity contribution in [2.24, 2.45) is 5.92 Å². The van der Waals surface area contributed by atoms with Gasteiger partial charge in [-0.25, -0.2) is 0 Å². The number of benzene rings is 2. The molecule has 1 heterocycles. The zero-order chi connectivity index (χ0) is 16.8. The molecule has 0 N–H and O–H groups in total. The van der Waals surface area contributed by atoms with Crippen LogP contribution in [0.25, 0.3) is 6.08 Å². The molecule has 2 nitrogen and oxygen atoms in total. The van der Waals surface area contributed by atoms with Crippen molar-refractivity contribution >= 4 is 12.0 Å². The second-order valence-electron chi connectivity index (χ2n) is 6.66. The summed E-state index contributed by atoms with van der Waals surface area (Å²) < 4.78 is 0. The summed E-state index contributed by atoms with van der Waals surface area (Å²) in [4.78, 5) is 14.6. The van der Waals surface area contributed by atoms with E-state index in [1.807, 2.05) is 48.2 Å². The summed E-state index contributed by atoms with van der Waals surface area (Å²) in [5, 5.41) is 0. The molecule has 0 atom stereocenters. The molecule has 0 spiro atoms. The van der Waals surface area contributed by atoms with Crippen LogP contribution in [0.3, 0.4) is 0 Å². The van der Waals surface area contributed by atoms with Crippen molar-refractivity contribution in [2.75, 3.05) is 13.1 Å². The second-order valence-corrected chi connectivity index (χ2v) is 6.66. The number of piperidine rings is 1. The average molecular weight is 319 g/mol. The van der Waals surface area contributed by atoms with Gasteiger partial charge in [-0.1, -0.05) is 60.7 Å². The summed E-state index contributed by atoms with van der Waals surface area (Å²) in [6, 6.07) is 20.7. The Hall–Kier alpha value is -2.35. The van der Waals surface area contributed by atoms with Crippen molar-refractivity contribution in [3.63, 3.8) is 0 Å². The van der Waals surface area contributed by atoms with Gasteiger partial charge in [-0.2, -0.15) is 0 Å². The smallest absolute Gasteiger partial charge is 0.249 e. The first-order valence-electron chi connectivity index (χ1n) is 8.79. The highest BCUT2D eigenvalue weighted by Crippen LogP contribution is 2.23. The third-order valence-corrected chi connectivity index (χ3v) is 4.79. The fourth-order valence-electron chi connectivity index (χ4n) is 3.40. The van der Waals surface area contributed by atoms with Crippen molar-refractivity contribution in [2.45, 2.75) is 26.2 Å². The second kappa shape index (κ2) is 7.96. The number of rotatable bonds is 4. The molecule has 2 aromatic carbocycles. The maximum Gasteiger partial charge on any atom is 0.249 e. The number of likely N-dealkylation sites (tertiary alicyclic amines) is 1. The fourth-order valence-corrected chi connectivity index (χ4v) is 3.40. The Balaban J connectivity index is 1.54. The lowest BCUT2D eigenvalue weighted by Crippen LogP contribution is -2.39. The highest BCUT2D eigenvalue weighted by Gasteiger charge is 2.23. The Labute approximate surface area is 144 Å².